The smallest absolute Gasteiger partial charge is 0.0701 e. The number of hydrogen-bond acceptors (Lipinski definition) is 3. The van der Waals surface area contributed by atoms with Crippen LogP contribution in [0.3, 0.4) is 0 Å². The molecule has 108 valence electrons. The minimum absolute atomic E-state index is 0.271. The van der Waals surface area contributed by atoms with E-state index in [2.05, 4.69) is 43.4 Å². The van der Waals surface area contributed by atoms with Gasteiger partial charge in [0.2, 0.25) is 0 Å². The Morgan fingerprint density at radius 2 is 1.68 bits per heavy atom. The Hall–Kier alpha value is -0.900. The van der Waals surface area contributed by atoms with Crippen molar-refractivity contribution in [2.45, 2.75) is 32.7 Å². The van der Waals surface area contributed by atoms with Crippen molar-refractivity contribution < 1.29 is 9.47 Å². The third-order valence-corrected chi connectivity index (χ3v) is 2.85. The molecule has 0 amide bonds. The first-order valence-corrected chi connectivity index (χ1v) is 7.32. The second kappa shape index (κ2) is 11.0. The molecular formula is C16H27NO2. The quantitative estimate of drug-likeness (QED) is 0.623. The molecule has 0 saturated carbocycles. The van der Waals surface area contributed by atoms with Gasteiger partial charge in [-0.15, -0.1) is 0 Å². The summed E-state index contributed by atoms with van der Waals surface area (Å²) in [5, 5.41) is 3.52. The monoisotopic (exact) mass is 265 g/mol. The highest BCUT2D eigenvalue weighted by atomic mass is 16.5. The lowest BCUT2D eigenvalue weighted by Crippen LogP contribution is -2.27. The fourth-order valence-electron chi connectivity index (χ4n) is 1.84. The van der Waals surface area contributed by atoms with Crippen molar-refractivity contribution >= 4 is 0 Å². The van der Waals surface area contributed by atoms with Crippen LogP contribution in [0.15, 0.2) is 30.3 Å². The van der Waals surface area contributed by atoms with Crippen LogP contribution in [0.4, 0.5) is 0 Å². The molecule has 0 saturated heterocycles. The molecule has 1 unspecified atom stereocenters. The molecule has 0 aromatic heterocycles. The Kier molecular flexibility index (Phi) is 9.33. The Bertz CT molecular complexity index is 303. The molecule has 0 heterocycles. The third-order valence-electron chi connectivity index (χ3n) is 2.85. The Balaban J connectivity index is 2.30. The number of benzene rings is 1. The van der Waals surface area contributed by atoms with Gasteiger partial charge >= 0.3 is 0 Å². The lowest BCUT2D eigenvalue weighted by Gasteiger charge is -2.19. The number of hydrogen-bond donors (Lipinski definition) is 1. The standard InChI is InChI=1S/C16H27NO2/c1-3-10-17-16(15-8-6-5-7-9-15)14-19-13-12-18-11-4-2/h5-9,16-17H,3-4,10-14H2,1-2H3. The summed E-state index contributed by atoms with van der Waals surface area (Å²) in [5.41, 5.74) is 1.28. The predicted octanol–water partition coefficient (Wildman–Crippen LogP) is 3.17. The number of nitrogens with one attached hydrogen (secondary N) is 1. The van der Waals surface area contributed by atoms with Crippen molar-refractivity contribution in [3.63, 3.8) is 0 Å². The Labute approximate surface area is 117 Å². The summed E-state index contributed by atoms with van der Waals surface area (Å²) in [6, 6.07) is 10.7. The van der Waals surface area contributed by atoms with Gasteiger partial charge in [-0.3, -0.25) is 0 Å². The molecule has 3 nitrogen and oxygen atoms in total. The molecule has 0 fully saturated rings. The van der Waals surface area contributed by atoms with E-state index in [1.807, 2.05) is 6.07 Å². The van der Waals surface area contributed by atoms with Crippen LogP contribution < -0.4 is 5.32 Å². The topological polar surface area (TPSA) is 30.5 Å². The maximum Gasteiger partial charge on any atom is 0.0701 e. The van der Waals surface area contributed by atoms with Crippen LogP contribution in [0.2, 0.25) is 0 Å². The molecule has 1 N–H and O–H groups in total. The van der Waals surface area contributed by atoms with Gasteiger partial charge in [0.05, 0.1) is 25.9 Å². The average molecular weight is 265 g/mol. The van der Waals surface area contributed by atoms with Crippen molar-refractivity contribution in [3.05, 3.63) is 35.9 Å². The summed E-state index contributed by atoms with van der Waals surface area (Å²) < 4.78 is 11.1. The molecular weight excluding hydrogens is 238 g/mol. The van der Waals surface area contributed by atoms with Crippen LogP contribution in [0.25, 0.3) is 0 Å². The summed E-state index contributed by atoms with van der Waals surface area (Å²) in [6.07, 6.45) is 2.19. The second-order valence-electron chi connectivity index (χ2n) is 4.60. The highest BCUT2D eigenvalue weighted by molar-refractivity contribution is 5.18. The largest absolute Gasteiger partial charge is 0.379 e. The zero-order chi connectivity index (χ0) is 13.8. The van der Waals surface area contributed by atoms with Crippen molar-refractivity contribution in [1.29, 1.82) is 0 Å². The van der Waals surface area contributed by atoms with Gasteiger partial charge in [-0.05, 0) is 24.9 Å². The van der Waals surface area contributed by atoms with Crippen molar-refractivity contribution in [2.24, 2.45) is 0 Å². The van der Waals surface area contributed by atoms with Crippen LogP contribution in [-0.4, -0.2) is 33.0 Å². The van der Waals surface area contributed by atoms with Gasteiger partial charge in [0, 0.05) is 6.61 Å². The first-order valence-electron chi connectivity index (χ1n) is 7.32. The van der Waals surface area contributed by atoms with Crippen molar-refractivity contribution in [2.75, 3.05) is 33.0 Å². The third kappa shape index (κ3) is 7.31. The van der Waals surface area contributed by atoms with Crippen LogP contribution >= 0.6 is 0 Å². The van der Waals surface area contributed by atoms with E-state index in [9.17, 15) is 0 Å². The highest BCUT2D eigenvalue weighted by Gasteiger charge is 2.09. The molecule has 0 aliphatic carbocycles. The molecule has 0 aliphatic rings. The van der Waals surface area contributed by atoms with Crippen molar-refractivity contribution in [3.8, 4) is 0 Å². The molecule has 1 aromatic rings. The van der Waals surface area contributed by atoms with E-state index < -0.39 is 0 Å². The Morgan fingerprint density at radius 3 is 2.37 bits per heavy atom. The van der Waals surface area contributed by atoms with Gasteiger partial charge < -0.3 is 14.8 Å². The van der Waals surface area contributed by atoms with Crippen LogP contribution in [-0.2, 0) is 9.47 Å². The predicted molar refractivity (Wildman–Crippen MR) is 79.4 cm³/mol. The first-order chi connectivity index (χ1) is 9.38. The van der Waals surface area contributed by atoms with E-state index in [-0.39, 0.29) is 6.04 Å². The molecule has 0 spiro atoms. The molecule has 1 rings (SSSR count). The lowest BCUT2D eigenvalue weighted by molar-refractivity contribution is 0.0391. The summed E-state index contributed by atoms with van der Waals surface area (Å²) in [6.45, 7) is 8.16. The first kappa shape index (κ1) is 16.2. The van der Waals surface area contributed by atoms with E-state index in [1.54, 1.807) is 0 Å². The molecule has 0 aliphatic heterocycles. The van der Waals surface area contributed by atoms with Gasteiger partial charge in [0.1, 0.15) is 0 Å². The molecule has 0 bridgehead atoms. The van der Waals surface area contributed by atoms with E-state index in [0.29, 0.717) is 19.8 Å². The molecule has 19 heavy (non-hydrogen) atoms. The zero-order valence-electron chi connectivity index (χ0n) is 12.2. The zero-order valence-corrected chi connectivity index (χ0v) is 12.2. The minimum atomic E-state index is 0.271. The maximum atomic E-state index is 5.71. The van der Waals surface area contributed by atoms with Gasteiger partial charge in [-0.2, -0.15) is 0 Å². The van der Waals surface area contributed by atoms with Crippen LogP contribution in [0, 0.1) is 0 Å². The Morgan fingerprint density at radius 1 is 0.947 bits per heavy atom. The van der Waals surface area contributed by atoms with E-state index in [0.717, 1.165) is 26.0 Å². The molecule has 3 heteroatoms. The van der Waals surface area contributed by atoms with E-state index >= 15 is 0 Å². The highest BCUT2D eigenvalue weighted by Crippen LogP contribution is 2.12. The van der Waals surface area contributed by atoms with E-state index in [4.69, 9.17) is 9.47 Å². The van der Waals surface area contributed by atoms with Crippen molar-refractivity contribution in [1.82, 2.24) is 5.32 Å². The van der Waals surface area contributed by atoms with E-state index in [1.165, 1.54) is 5.56 Å². The van der Waals surface area contributed by atoms with Crippen LogP contribution in [0.1, 0.15) is 38.3 Å². The van der Waals surface area contributed by atoms with Crippen LogP contribution in [0.5, 0.6) is 0 Å². The fourth-order valence-corrected chi connectivity index (χ4v) is 1.84. The average Bonchev–Trinajstić information content (AvgIpc) is 2.46. The molecule has 1 atom stereocenters. The second-order valence-corrected chi connectivity index (χ2v) is 4.60. The minimum Gasteiger partial charge on any atom is -0.379 e. The molecule has 0 radical (unpaired) electrons. The normalized spacial score (nSPS) is 12.5. The summed E-state index contributed by atoms with van der Waals surface area (Å²) in [7, 11) is 0. The fraction of sp³-hybridized carbons (Fsp3) is 0.625. The van der Waals surface area contributed by atoms with Gasteiger partial charge in [0.15, 0.2) is 0 Å². The number of ether oxygens (including phenoxy) is 2. The van der Waals surface area contributed by atoms with Gasteiger partial charge in [-0.25, -0.2) is 0 Å². The number of rotatable bonds is 11. The lowest BCUT2D eigenvalue weighted by atomic mass is 10.1. The summed E-state index contributed by atoms with van der Waals surface area (Å²) >= 11 is 0. The van der Waals surface area contributed by atoms with Gasteiger partial charge in [-0.1, -0.05) is 44.2 Å². The maximum absolute atomic E-state index is 5.71. The summed E-state index contributed by atoms with van der Waals surface area (Å²) in [4.78, 5) is 0. The van der Waals surface area contributed by atoms with Gasteiger partial charge in [0.25, 0.3) is 0 Å². The SMILES string of the molecule is CCCNC(COCCOCCC)c1ccccc1. The summed E-state index contributed by atoms with van der Waals surface area (Å²) in [5.74, 6) is 0. The molecule has 1 aromatic carbocycles.